The van der Waals surface area contributed by atoms with Crippen LogP contribution in [0.5, 0.6) is 0 Å². The fourth-order valence-electron chi connectivity index (χ4n) is 3.15. The SMILES string of the molecule is O=C1c2ccccc2Cc2c(Cc3ccccn3)cccc21. The molecule has 0 aliphatic heterocycles. The van der Waals surface area contributed by atoms with Gasteiger partial charge in [-0.15, -0.1) is 0 Å². The van der Waals surface area contributed by atoms with Crippen molar-refractivity contribution in [1.29, 1.82) is 0 Å². The molecule has 0 atom stereocenters. The zero-order chi connectivity index (χ0) is 14.9. The number of carbonyl (C=O) groups is 1. The van der Waals surface area contributed by atoms with Crippen LogP contribution >= 0.6 is 0 Å². The third-order valence-electron chi connectivity index (χ3n) is 4.24. The Kier molecular flexibility index (Phi) is 3.08. The van der Waals surface area contributed by atoms with Gasteiger partial charge in [-0.25, -0.2) is 0 Å². The van der Waals surface area contributed by atoms with Crippen LogP contribution in [0.4, 0.5) is 0 Å². The Morgan fingerprint density at radius 1 is 0.864 bits per heavy atom. The van der Waals surface area contributed by atoms with Crippen LogP contribution in [0.15, 0.2) is 66.9 Å². The molecule has 1 aromatic heterocycles. The average molecular weight is 285 g/mol. The van der Waals surface area contributed by atoms with E-state index < -0.39 is 0 Å². The molecule has 1 heterocycles. The second-order valence-electron chi connectivity index (χ2n) is 5.60. The zero-order valence-corrected chi connectivity index (χ0v) is 12.1. The Balaban J connectivity index is 1.79. The minimum Gasteiger partial charge on any atom is -0.289 e. The smallest absolute Gasteiger partial charge is 0.193 e. The van der Waals surface area contributed by atoms with Gasteiger partial charge in [0.2, 0.25) is 0 Å². The van der Waals surface area contributed by atoms with Gasteiger partial charge in [0.05, 0.1) is 0 Å². The summed E-state index contributed by atoms with van der Waals surface area (Å²) in [6.45, 7) is 0. The maximum Gasteiger partial charge on any atom is 0.193 e. The van der Waals surface area contributed by atoms with Crippen LogP contribution < -0.4 is 0 Å². The lowest BCUT2D eigenvalue weighted by atomic mass is 9.82. The number of fused-ring (bicyclic) bond motifs is 2. The molecule has 3 aromatic rings. The molecule has 0 radical (unpaired) electrons. The number of rotatable bonds is 2. The third kappa shape index (κ3) is 2.13. The van der Waals surface area contributed by atoms with Crippen LogP contribution in [0.3, 0.4) is 0 Å². The minimum atomic E-state index is 0.139. The summed E-state index contributed by atoms with van der Waals surface area (Å²) in [6.07, 6.45) is 3.39. The van der Waals surface area contributed by atoms with Crippen LogP contribution in [-0.2, 0) is 12.8 Å². The molecule has 22 heavy (non-hydrogen) atoms. The van der Waals surface area contributed by atoms with E-state index in [2.05, 4.69) is 11.1 Å². The van der Waals surface area contributed by atoms with Gasteiger partial charge in [0.25, 0.3) is 0 Å². The number of pyridine rings is 1. The standard InChI is InChI=1S/C20H15NO/c22-20-17-9-2-1-6-15(17)13-19-14(7-5-10-18(19)20)12-16-8-3-4-11-21-16/h1-11H,12-13H2. The highest BCUT2D eigenvalue weighted by Gasteiger charge is 2.24. The summed E-state index contributed by atoms with van der Waals surface area (Å²) in [6, 6.07) is 19.9. The summed E-state index contributed by atoms with van der Waals surface area (Å²) in [5.41, 5.74) is 6.17. The molecule has 0 fully saturated rings. The van der Waals surface area contributed by atoms with Crippen molar-refractivity contribution in [3.8, 4) is 0 Å². The van der Waals surface area contributed by atoms with Crippen LogP contribution in [0.25, 0.3) is 0 Å². The van der Waals surface area contributed by atoms with Crippen molar-refractivity contribution in [3.05, 3.63) is 100 Å². The van der Waals surface area contributed by atoms with Gasteiger partial charge in [-0.2, -0.15) is 0 Å². The molecule has 0 N–H and O–H groups in total. The van der Waals surface area contributed by atoms with E-state index in [0.29, 0.717) is 0 Å². The van der Waals surface area contributed by atoms with E-state index in [0.717, 1.165) is 40.8 Å². The zero-order valence-electron chi connectivity index (χ0n) is 12.1. The molecule has 0 spiro atoms. The maximum atomic E-state index is 12.7. The Morgan fingerprint density at radius 3 is 2.55 bits per heavy atom. The summed E-state index contributed by atoms with van der Waals surface area (Å²) < 4.78 is 0. The summed E-state index contributed by atoms with van der Waals surface area (Å²) in [5.74, 6) is 0.139. The Bertz CT molecular complexity index is 853. The van der Waals surface area contributed by atoms with Gasteiger partial charge < -0.3 is 0 Å². The van der Waals surface area contributed by atoms with Crippen LogP contribution in [0.2, 0.25) is 0 Å². The van der Waals surface area contributed by atoms with Crippen molar-refractivity contribution in [2.75, 3.05) is 0 Å². The second kappa shape index (κ2) is 5.23. The Hall–Kier alpha value is -2.74. The van der Waals surface area contributed by atoms with Crippen molar-refractivity contribution in [1.82, 2.24) is 4.98 Å². The molecule has 0 saturated heterocycles. The van der Waals surface area contributed by atoms with E-state index >= 15 is 0 Å². The molecule has 1 aliphatic rings. The Labute approximate surface area is 129 Å². The lowest BCUT2D eigenvalue weighted by Gasteiger charge is -2.21. The monoisotopic (exact) mass is 285 g/mol. The summed E-state index contributed by atoms with van der Waals surface area (Å²) in [7, 11) is 0. The van der Waals surface area contributed by atoms with E-state index in [1.54, 1.807) is 0 Å². The first-order chi connectivity index (χ1) is 10.8. The van der Waals surface area contributed by atoms with Gasteiger partial charge in [0.1, 0.15) is 0 Å². The van der Waals surface area contributed by atoms with E-state index in [4.69, 9.17) is 0 Å². The number of aromatic nitrogens is 1. The number of carbonyl (C=O) groups excluding carboxylic acids is 1. The molecule has 0 amide bonds. The molecule has 2 aromatic carbocycles. The van der Waals surface area contributed by atoms with E-state index in [9.17, 15) is 4.79 Å². The highest BCUT2D eigenvalue weighted by molar-refractivity contribution is 6.12. The van der Waals surface area contributed by atoms with Crippen molar-refractivity contribution < 1.29 is 4.79 Å². The molecule has 4 rings (SSSR count). The summed E-state index contributed by atoms with van der Waals surface area (Å²) >= 11 is 0. The average Bonchev–Trinajstić information content (AvgIpc) is 2.57. The minimum absolute atomic E-state index is 0.139. The van der Waals surface area contributed by atoms with E-state index in [1.807, 2.05) is 60.8 Å². The molecule has 2 heteroatoms. The summed E-state index contributed by atoms with van der Waals surface area (Å²) in [5, 5.41) is 0. The van der Waals surface area contributed by atoms with Crippen LogP contribution in [0, 0.1) is 0 Å². The summed E-state index contributed by atoms with van der Waals surface area (Å²) in [4.78, 5) is 17.1. The van der Waals surface area contributed by atoms with Gasteiger partial charge >= 0.3 is 0 Å². The van der Waals surface area contributed by atoms with Crippen molar-refractivity contribution in [2.45, 2.75) is 12.8 Å². The predicted octanol–water partition coefficient (Wildman–Crippen LogP) is 3.81. The second-order valence-corrected chi connectivity index (χ2v) is 5.60. The number of hydrogen-bond acceptors (Lipinski definition) is 2. The number of hydrogen-bond donors (Lipinski definition) is 0. The van der Waals surface area contributed by atoms with E-state index in [1.165, 1.54) is 5.56 Å². The topological polar surface area (TPSA) is 30.0 Å². The normalized spacial score (nSPS) is 12.6. The maximum absolute atomic E-state index is 12.7. The van der Waals surface area contributed by atoms with Gasteiger partial charge in [-0.1, -0.05) is 48.5 Å². The highest BCUT2D eigenvalue weighted by atomic mass is 16.1. The first-order valence-corrected chi connectivity index (χ1v) is 7.46. The molecule has 106 valence electrons. The van der Waals surface area contributed by atoms with Crippen molar-refractivity contribution in [2.24, 2.45) is 0 Å². The molecule has 0 saturated carbocycles. The van der Waals surface area contributed by atoms with Gasteiger partial charge in [-0.05, 0) is 35.2 Å². The molecule has 0 unspecified atom stereocenters. The fourth-order valence-corrected chi connectivity index (χ4v) is 3.15. The molecular formula is C20H15NO. The molecule has 1 aliphatic carbocycles. The first kappa shape index (κ1) is 13.0. The number of nitrogens with zero attached hydrogens (tertiary/aromatic N) is 1. The lowest BCUT2D eigenvalue weighted by Crippen LogP contribution is -2.16. The van der Waals surface area contributed by atoms with Crippen molar-refractivity contribution >= 4 is 5.78 Å². The third-order valence-corrected chi connectivity index (χ3v) is 4.24. The predicted molar refractivity (Wildman–Crippen MR) is 86.2 cm³/mol. The van der Waals surface area contributed by atoms with Crippen LogP contribution in [-0.4, -0.2) is 10.8 Å². The van der Waals surface area contributed by atoms with Crippen molar-refractivity contribution in [3.63, 3.8) is 0 Å². The lowest BCUT2D eigenvalue weighted by molar-refractivity contribution is 0.103. The largest absolute Gasteiger partial charge is 0.289 e. The number of benzene rings is 2. The van der Waals surface area contributed by atoms with E-state index in [-0.39, 0.29) is 5.78 Å². The van der Waals surface area contributed by atoms with Gasteiger partial charge in [0.15, 0.2) is 5.78 Å². The van der Waals surface area contributed by atoms with Gasteiger partial charge in [-0.3, -0.25) is 9.78 Å². The molecule has 0 bridgehead atoms. The number of ketones is 1. The molecule has 2 nitrogen and oxygen atoms in total. The van der Waals surface area contributed by atoms with Crippen LogP contribution in [0.1, 0.15) is 38.3 Å². The van der Waals surface area contributed by atoms with Gasteiger partial charge in [0, 0.05) is 29.4 Å². The quantitative estimate of drug-likeness (QED) is 0.560. The fraction of sp³-hybridized carbons (Fsp3) is 0.100. The Morgan fingerprint density at radius 2 is 1.68 bits per heavy atom. The highest BCUT2D eigenvalue weighted by Crippen LogP contribution is 2.30. The first-order valence-electron chi connectivity index (χ1n) is 7.46. The molecular weight excluding hydrogens is 270 g/mol.